The number of nitrogens with zero attached hydrogens (tertiary/aromatic N) is 2. The molecule has 0 radical (unpaired) electrons. The van der Waals surface area contributed by atoms with Gasteiger partial charge in [-0.25, -0.2) is 9.29 Å². The van der Waals surface area contributed by atoms with Crippen LogP contribution in [-0.2, 0) is 25.6 Å². The SMILES string of the molecule is O=C1C2CC=C3C(CC4(Cl)C(=O)N(c5ccc(F)cc5)C(=O)C4(Cl)C3C3=COc4ccc(O)cc4C3)C2C(=O)N1c1ccc(I)cc1. The number of anilines is 2. The summed E-state index contributed by atoms with van der Waals surface area (Å²) in [5.41, 5.74) is 2.33. The number of rotatable bonds is 3. The van der Waals surface area contributed by atoms with Gasteiger partial charge in [0.25, 0.3) is 11.8 Å². The van der Waals surface area contributed by atoms with Crippen LogP contribution in [0.2, 0.25) is 0 Å². The minimum absolute atomic E-state index is 0.0162. The molecule has 8 rings (SSSR count). The number of halogens is 4. The average Bonchev–Trinajstić information content (AvgIpc) is 3.39. The molecule has 47 heavy (non-hydrogen) atoms. The maximum atomic E-state index is 14.5. The largest absolute Gasteiger partial charge is 0.508 e. The van der Waals surface area contributed by atoms with Gasteiger partial charge in [0.15, 0.2) is 9.75 Å². The first-order valence-electron chi connectivity index (χ1n) is 15.0. The van der Waals surface area contributed by atoms with Gasteiger partial charge in [0.1, 0.15) is 17.3 Å². The third kappa shape index (κ3) is 4.23. The highest BCUT2D eigenvalue weighted by atomic mass is 127. The molecule has 3 aliphatic heterocycles. The van der Waals surface area contributed by atoms with Gasteiger partial charge in [-0.2, -0.15) is 0 Å². The molecule has 3 heterocycles. The molecular weight excluding hydrogens is 761 g/mol. The number of carbonyl (C=O) groups excluding carboxylic acids is 4. The van der Waals surface area contributed by atoms with Crippen molar-refractivity contribution in [3.8, 4) is 11.5 Å². The predicted octanol–water partition coefficient (Wildman–Crippen LogP) is 6.26. The lowest BCUT2D eigenvalue weighted by molar-refractivity contribution is -0.125. The molecule has 3 aromatic rings. The van der Waals surface area contributed by atoms with E-state index in [1.165, 1.54) is 29.4 Å². The van der Waals surface area contributed by atoms with E-state index < -0.39 is 57.0 Å². The van der Waals surface area contributed by atoms with Gasteiger partial charge in [-0.15, -0.1) is 23.2 Å². The molecule has 238 valence electrons. The summed E-state index contributed by atoms with van der Waals surface area (Å²) >= 11 is 17.0. The fourth-order valence-corrected chi connectivity index (χ4v) is 9.36. The number of phenols is 1. The second-order valence-electron chi connectivity index (χ2n) is 12.5. The van der Waals surface area contributed by atoms with Gasteiger partial charge < -0.3 is 9.84 Å². The van der Waals surface area contributed by atoms with Gasteiger partial charge >= 0.3 is 0 Å². The molecule has 2 saturated heterocycles. The van der Waals surface area contributed by atoms with Crippen LogP contribution in [0.1, 0.15) is 18.4 Å². The third-order valence-corrected chi connectivity index (χ3v) is 12.3. The molecule has 3 aromatic carbocycles. The van der Waals surface area contributed by atoms with E-state index in [2.05, 4.69) is 22.6 Å². The summed E-state index contributed by atoms with van der Waals surface area (Å²) in [5.74, 6) is -5.66. The van der Waals surface area contributed by atoms with Gasteiger partial charge in [0, 0.05) is 21.5 Å². The van der Waals surface area contributed by atoms with Crippen LogP contribution in [0.3, 0.4) is 0 Å². The number of hydrogen-bond acceptors (Lipinski definition) is 6. The maximum Gasteiger partial charge on any atom is 0.258 e. The zero-order valence-corrected chi connectivity index (χ0v) is 28.0. The molecule has 2 aliphatic carbocycles. The van der Waals surface area contributed by atoms with Crippen molar-refractivity contribution in [2.45, 2.75) is 29.0 Å². The van der Waals surface area contributed by atoms with Crippen LogP contribution >= 0.6 is 45.8 Å². The Hall–Kier alpha value is -3.74. The summed E-state index contributed by atoms with van der Waals surface area (Å²) in [6.07, 6.45) is 3.58. The highest BCUT2D eigenvalue weighted by Crippen LogP contribution is 2.65. The van der Waals surface area contributed by atoms with Crippen LogP contribution in [0.4, 0.5) is 15.8 Å². The highest BCUT2D eigenvalue weighted by Gasteiger charge is 2.77. The Labute approximate surface area is 291 Å². The number of ether oxygens (including phenoxy) is 1. The van der Waals surface area contributed by atoms with Gasteiger partial charge in [0.05, 0.1) is 29.5 Å². The Kier molecular flexibility index (Phi) is 6.92. The van der Waals surface area contributed by atoms with Gasteiger partial charge in [-0.1, -0.05) is 11.6 Å². The van der Waals surface area contributed by atoms with E-state index in [1.54, 1.807) is 24.3 Å². The monoisotopic (exact) mass is 784 g/mol. The Balaban J connectivity index is 1.28. The zero-order chi connectivity index (χ0) is 33.0. The second-order valence-corrected chi connectivity index (χ2v) is 15.0. The minimum Gasteiger partial charge on any atom is -0.508 e. The van der Waals surface area contributed by atoms with Gasteiger partial charge in [-0.3, -0.25) is 24.1 Å². The van der Waals surface area contributed by atoms with Crippen molar-refractivity contribution >= 4 is 80.8 Å². The number of alkyl halides is 2. The van der Waals surface area contributed by atoms with Crippen molar-refractivity contribution < 1.29 is 33.4 Å². The van der Waals surface area contributed by atoms with Crippen molar-refractivity contribution in [3.63, 3.8) is 0 Å². The van der Waals surface area contributed by atoms with E-state index in [0.29, 0.717) is 28.1 Å². The fourth-order valence-electron chi connectivity index (χ4n) is 8.05. The first-order chi connectivity index (χ1) is 22.4. The van der Waals surface area contributed by atoms with Crippen molar-refractivity contribution in [2.75, 3.05) is 9.80 Å². The number of allylic oxidation sites excluding steroid dienone is 3. The number of amides is 4. The summed E-state index contributed by atoms with van der Waals surface area (Å²) in [5, 5.41) is 10.2. The third-order valence-electron chi connectivity index (χ3n) is 10.1. The van der Waals surface area contributed by atoms with Crippen LogP contribution < -0.4 is 14.5 Å². The molecule has 0 bridgehead atoms. The molecule has 1 N–H and O–H groups in total. The smallest absolute Gasteiger partial charge is 0.258 e. The van der Waals surface area contributed by atoms with E-state index in [9.17, 15) is 28.7 Å². The van der Waals surface area contributed by atoms with Crippen molar-refractivity contribution in [1.82, 2.24) is 0 Å². The summed E-state index contributed by atoms with van der Waals surface area (Å²) in [6, 6.07) is 16.6. The predicted molar refractivity (Wildman–Crippen MR) is 180 cm³/mol. The fraction of sp³-hybridized carbons (Fsp3) is 0.257. The lowest BCUT2D eigenvalue weighted by Gasteiger charge is -2.51. The van der Waals surface area contributed by atoms with E-state index in [4.69, 9.17) is 27.9 Å². The molecule has 12 heteroatoms. The summed E-state index contributed by atoms with van der Waals surface area (Å²) in [7, 11) is 0. The number of benzene rings is 3. The molecule has 8 nitrogen and oxygen atoms in total. The lowest BCUT2D eigenvalue weighted by atomic mass is 9.56. The van der Waals surface area contributed by atoms with Crippen LogP contribution in [0, 0.1) is 33.1 Å². The average molecular weight is 785 g/mol. The quantitative estimate of drug-likeness (QED) is 0.146. The molecule has 3 fully saturated rings. The van der Waals surface area contributed by atoms with Gasteiger partial charge in [0.2, 0.25) is 11.8 Å². The lowest BCUT2D eigenvalue weighted by Crippen LogP contribution is -2.61. The van der Waals surface area contributed by atoms with Gasteiger partial charge in [-0.05, 0) is 114 Å². The molecule has 0 spiro atoms. The molecule has 1 saturated carbocycles. The van der Waals surface area contributed by atoms with Crippen LogP contribution in [-0.4, -0.2) is 38.5 Å². The Morgan fingerprint density at radius 2 is 1.55 bits per heavy atom. The van der Waals surface area contributed by atoms with Crippen LogP contribution in [0.15, 0.2) is 90.2 Å². The molecular formula is C35H24Cl2FIN2O6. The summed E-state index contributed by atoms with van der Waals surface area (Å²) < 4.78 is 20.8. The number of aromatic hydroxyl groups is 1. The van der Waals surface area contributed by atoms with E-state index in [-0.39, 0.29) is 36.6 Å². The maximum absolute atomic E-state index is 14.5. The van der Waals surface area contributed by atoms with Crippen molar-refractivity contribution in [2.24, 2.45) is 23.7 Å². The normalized spacial score (nSPS) is 31.1. The zero-order valence-electron chi connectivity index (χ0n) is 24.3. The Morgan fingerprint density at radius 1 is 0.872 bits per heavy atom. The summed E-state index contributed by atoms with van der Waals surface area (Å²) in [6.45, 7) is 0. The van der Waals surface area contributed by atoms with Crippen molar-refractivity contribution in [1.29, 1.82) is 0 Å². The number of carbonyl (C=O) groups is 4. The molecule has 0 aromatic heterocycles. The molecule has 5 aliphatic rings. The minimum atomic E-state index is -2.07. The Bertz CT molecular complexity index is 1980. The Morgan fingerprint density at radius 3 is 2.28 bits per heavy atom. The van der Waals surface area contributed by atoms with E-state index >= 15 is 0 Å². The van der Waals surface area contributed by atoms with Crippen molar-refractivity contribution in [3.05, 3.63) is 105 Å². The van der Waals surface area contributed by atoms with Crippen LogP contribution in [0.25, 0.3) is 0 Å². The first kappa shape index (κ1) is 30.6. The van der Waals surface area contributed by atoms with Crippen LogP contribution in [0.5, 0.6) is 11.5 Å². The highest BCUT2D eigenvalue weighted by molar-refractivity contribution is 14.1. The number of hydrogen-bond donors (Lipinski definition) is 1. The van der Waals surface area contributed by atoms with E-state index in [0.717, 1.165) is 20.6 Å². The second kappa shape index (κ2) is 10.6. The summed E-state index contributed by atoms with van der Waals surface area (Å²) in [4.78, 5) is 55.0. The molecule has 4 amide bonds. The number of phenolic OH excluding ortho intramolecular Hbond substituents is 1. The standard InChI is InChI=1S/C35H24Cl2FIN2O6/c36-34-15-26-24(10-11-25-28(26)31(44)40(30(25)43)21-7-3-20(39)4-8-21)29(18-13-17-14-23(42)9-12-27(17)47-16-18)35(34,37)33(46)41(32(34)45)22-5-1-19(38)2-6-22/h1-10,12,14,16,25-26,28-29,42H,11,13,15H2. The number of fused-ring (bicyclic) bond motifs is 5. The first-order valence-corrected chi connectivity index (χ1v) is 16.8. The topological polar surface area (TPSA) is 104 Å². The number of imide groups is 2. The van der Waals surface area contributed by atoms with E-state index in [1.807, 2.05) is 18.2 Å². The molecule has 6 atom stereocenters. The molecule has 6 unspecified atom stereocenters.